The Hall–Kier alpha value is -1.13. The fourth-order valence-electron chi connectivity index (χ4n) is 2.88. The van der Waals surface area contributed by atoms with Gasteiger partial charge < -0.3 is 14.5 Å². The second-order valence-electron chi connectivity index (χ2n) is 5.34. The van der Waals surface area contributed by atoms with Crippen molar-refractivity contribution in [1.29, 1.82) is 0 Å². The molecular formula is C14H19N3S. The number of aryl methyl sites for hydroxylation is 1. The molecule has 1 aliphatic heterocycles. The van der Waals surface area contributed by atoms with Crippen LogP contribution in [0.1, 0.15) is 18.4 Å². The zero-order chi connectivity index (χ0) is 12.7. The molecule has 18 heavy (non-hydrogen) atoms. The molecule has 3 rings (SSSR count). The van der Waals surface area contributed by atoms with Crippen LogP contribution in [0.2, 0.25) is 0 Å². The van der Waals surface area contributed by atoms with Crippen LogP contribution in [0.4, 0.5) is 0 Å². The summed E-state index contributed by atoms with van der Waals surface area (Å²) in [7, 11) is 2.21. The maximum Gasteiger partial charge on any atom is 0.178 e. The smallest absolute Gasteiger partial charge is 0.178 e. The number of H-pyrrole nitrogens is 1. The van der Waals surface area contributed by atoms with E-state index in [0.717, 1.165) is 16.8 Å². The van der Waals surface area contributed by atoms with Crippen LogP contribution in [-0.4, -0.2) is 34.1 Å². The Bertz CT molecular complexity index is 625. The Kier molecular flexibility index (Phi) is 2.99. The molecule has 2 heterocycles. The first-order chi connectivity index (χ1) is 8.65. The highest BCUT2D eigenvalue weighted by Crippen LogP contribution is 2.21. The first kappa shape index (κ1) is 11.9. The van der Waals surface area contributed by atoms with Gasteiger partial charge in [0.05, 0.1) is 11.0 Å². The molecule has 1 unspecified atom stereocenters. The van der Waals surface area contributed by atoms with E-state index in [1.54, 1.807) is 0 Å². The van der Waals surface area contributed by atoms with E-state index in [4.69, 9.17) is 12.2 Å². The molecule has 3 nitrogen and oxygen atoms in total. The van der Waals surface area contributed by atoms with Crippen molar-refractivity contribution in [2.75, 3.05) is 13.6 Å². The number of fused-ring (bicyclic) bond motifs is 1. The van der Waals surface area contributed by atoms with Crippen molar-refractivity contribution in [3.8, 4) is 0 Å². The van der Waals surface area contributed by atoms with Crippen molar-refractivity contribution in [1.82, 2.24) is 14.5 Å². The third-order valence-corrected chi connectivity index (χ3v) is 4.32. The zero-order valence-corrected chi connectivity index (χ0v) is 11.8. The molecule has 1 aromatic carbocycles. The second kappa shape index (κ2) is 4.52. The molecular weight excluding hydrogens is 242 g/mol. The number of likely N-dealkylation sites (tertiary alicyclic amines) is 1. The summed E-state index contributed by atoms with van der Waals surface area (Å²) in [5.41, 5.74) is 3.65. The van der Waals surface area contributed by atoms with Gasteiger partial charge in [-0.25, -0.2) is 0 Å². The molecule has 1 N–H and O–H groups in total. The molecule has 0 aliphatic carbocycles. The molecule has 0 bridgehead atoms. The van der Waals surface area contributed by atoms with E-state index in [2.05, 4.69) is 46.6 Å². The van der Waals surface area contributed by atoms with Crippen molar-refractivity contribution in [2.45, 2.75) is 32.4 Å². The molecule has 96 valence electrons. The van der Waals surface area contributed by atoms with E-state index >= 15 is 0 Å². The van der Waals surface area contributed by atoms with Crippen LogP contribution in [0.5, 0.6) is 0 Å². The first-order valence-electron chi connectivity index (χ1n) is 6.54. The maximum atomic E-state index is 5.46. The molecule has 1 atom stereocenters. The quantitative estimate of drug-likeness (QED) is 0.840. The summed E-state index contributed by atoms with van der Waals surface area (Å²) in [5, 5.41) is 0. The Morgan fingerprint density at radius 3 is 3.00 bits per heavy atom. The van der Waals surface area contributed by atoms with Gasteiger partial charge in [0.1, 0.15) is 0 Å². The minimum Gasteiger partial charge on any atom is -0.331 e. The number of aromatic nitrogens is 2. The van der Waals surface area contributed by atoms with Gasteiger partial charge in [0.2, 0.25) is 0 Å². The Morgan fingerprint density at radius 2 is 2.28 bits per heavy atom. The van der Waals surface area contributed by atoms with Crippen molar-refractivity contribution in [3.05, 3.63) is 28.5 Å². The van der Waals surface area contributed by atoms with Crippen LogP contribution in [0.25, 0.3) is 11.0 Å². The van der Waals surface area contributed by atoms with Gasteiger partial charge in [-0.2, -0.15) is 0 Å². The van der Waals surface area contributed by atoms with E-state index in [1.165, 1.54) is 30.5 Å². The maximum absolute atomic E-state index is 5.46. The Labute approximate surface area is 112 Å². The van der Waals surface area contributed by atoms with Gasteiger partial charge in [-0.05, 0) is 63.3 Å². The summed E-state index contributed by atoms with van der Waals surface area (Å²) in [4.78, 5) is 5.76. The van der Waals surface area contributed by atoms with Crippen LogP contribution in [0, 0.1) is 11.7 Å². The number of hydrogen-bond donors (Lipinski definition) is 1. The third kappa shape index (κ3) is 1.99. The molecule has 0 saturated carbocycles. The van der Waals surface area contributed by atoms with E-state index in [9.17, 15) is 0 Å². The number of benzene rings is 1. The van der Waals surface area contributed by atoms with Crippen LogP contribution in [0.15, 0.2) is 18.2 Å². The predicted octanol–water partition coefficient (Wildman–Crippen LogP) is 3.10. The van der Waals surface area contributed by atoms with Crippen molar-refractivity contribution >= 4 is 23.3 Å². The molecule has 0 amide bonds. The molecule has 2 aromatic rings. The number of imidazole rings is 1. The number of aromatic amines is 1. The minimum atomic E-state index is 0.622. The third-order valence-electron chi connectivity index (χ3n) is 3.99. The van der Waals surface area contributed by atoms with Crippen molar-refractivity contribution in [3.63, 3.8) is 0 Å². The fraction of sp³-hybridized carbons (Fsp3) is 0.500. The van der Waals surface area contributed by atoms with Gasteiger partial charge in [-0.3, -0.25) is 0 Å². The Morgan fingerprint density at radius 1 is 1.44 bits per heavy atom. The molecule has 1 aromatic heterocycles. The lowest BCUT2D eigenvalue weighted by Gasteiger charge is -2.20. The van der Waals surface area contributed by atoms with E-state index in [1.807, 2.05) is 0 Å². The molecule has 1 aliphatic rings. The lowest BCUT2D eigenvalue weighted by molar-refractivity contribution is 0.283. The van der Waals surface area contributed by atoms with Gasteiger partial charge in [0.15, 0.2) is 4.77 Å². The van der Waals surface area contributed by atoms with Crippen molar-refractivity contribution < 1.29 is 0 Å². The summed E-state index contributed by atoms with van der Waals surface area (Å²) < 4.78 is 3.09. The number of rotatable bonds is 2. The number of nitrogens with zero attached hydrogens (tertiary/aromatic N) is 2. The average Bonchev–Trinajstić information content (AvgIpc) is 2.85. The monoisotopic (exact) mass is 261 g/mol. The molecule has 0 radical (unpaired) electrons. The van der Waals surface area contributed by atoms with Gasteiger partial charge >= 0.3 is 0 Å². The molecule has 0 spiro atoms. The number of likely N-dealkylation sites (N-methyl/N-ethyl adjacent to an activating group) is 1. The van der Waals surface area contributed by atoms with E-state index in [0.29, 0.717) is 6.04 Å². The van der Waals surface area contributed by atoms with E-state index in [-0.39, 0.29) is 0 Å². The summed E-state index contributed by atoms with van der Waals surface area (Å²) in [5.74, 6) is 0. The molecule has 1 saturated heterocycles. The van der Waals surface area contributed by atoms with Gasteiger partial charge in [0, 0.05) is 12.6 Å². The lowest BCUT2D eigenvalue weighted by Crippen LogP contribution is -2.29. The van der Waals surface area contributed by atoms with E-state index < -0.39 is 0 Å². The average molecular weight is 261 g/mol. The first-order valence-corrected chi connectivity index (χ1v) is 6.95. The van der Waals surface area contributed by atoms with Gasteiger partial charge in [-0.15, -0.1) is 0 Å². The van der Waals surface area contributed by atoms with Gasteiger partial charge in [0.25, 0.3) is 0 Å². The highest BCUT2D eigenvalue weighted by Gasteiger charge is 2.22. The van der Waals surface area contributed by atoms with Crippen LogP contribution in [0.3, 0.4) is 0 Å². The van der Waals surface area contributed by atoms with Crippen molar-refractivity contribution in [2.24, 2.45) is 0 Å². The van der Waals surface area contributed by atoms with Crippen LogP contribution < -0.4 is 0 Å². The minimum absolute atomic E-state index is 0.622. The molecule has 1 fully saturated rings. The summed E-state index contributed by atoms with van der Waals surface area (Å²) in [6.45, 7) is 4.32. The second-order valence-corrected chi connectivity index (χ2v) is 5.72. The SMILES string of the molecule is Cc1ccc2c(c1)[nH]c(=S)n2CC1CCCN1C. The largest absolute Gasteiger partial charge is 0.331 e. The summed E-state index contributed by atoms with van der Waals surface area (Å²) in [6, 6.07) is 7.11. The van der Waals surface area contributed by atoms with Crippen LogP contribution >= 0.6 is 12.2 Å². The zero-order valence-electron chi connectivity index (χ0n) is 10.9. The number of hydrogen-bond acceptors (Lipinski definition) is 2. The Balaban J connectivity index is 2.01. The summed E-state index contributed by atoms with van der Waals surface area (Å²) in [6.07, 6.45) is 2.58. The molecule has 4 heteroatoms. The number of nitrogens with one attached hydrogen (secondary N) is 1. The normalized spacial score (nSPS) is 20.9. The lowest BCUT2D eigenvalue weighted by atomic mass is 10.2. The van der Waals surface area contributed by atoms with Gasteiger partial charge in [-0.1, -0.05) is 6.07 Å². The highest BCUT2D eigenvalue weighted by atomic mass is 32.1. The standard InChI is InChI=1S/C14H19N3S/c1-10-5-6-13-12(8-10)15-14(18)17(13)9-11-4-3-7-16(11)2/h5-6,8,11H,3-4,7,9H2,1-2H3,(H,15,18). The fourth-order valence-corrected chi connectivity index (χ4v) is 3.16. The predicted molar refractivity (Wildman–Crippen MR) is 77.5 cm³/mol. The van der Waals surface area contributed by atoms with Crippen LogP contribution in [-0.2, 0) is 6.54 Å². The highest BCUT2D eigenvalue weighted by molar-refractivity contribution is 7.71. The summed E-state index contributed by atoms with van der Waals surface area (Å²) >= 11 is 5.46. The topological polar surface area (TPSA) is 24.0 Å².